The number of rotatable bonds is 4. The fourth-order valence-corrected chi connectivity index (χ4v) is 7.93. The maximum atomic E-state index is 4.97. The summed E-state index contributed by atoms with van der Waals surface area (Å²) in [6.45, 7) is 0. The van der Waals surface area contributed by atoms with Crippen molar-refractivity contribution in [1.29, 1.82) is 0 Å². The zero-order valence-corrected chi connectivity index (χ0v) is 28.0. The molecule has 0 saturated heterocycles. The molecule has 0 spiro atoms. The van der Waals surface area contributed by atoms with Gasteiger partial charge in [0.2, 0.25) is 0 Å². The lowest BCUT2D eigenvalue weighted by Gasteiger charge is -2.13. The SMILES string of the molecule is c1ccc(-c2nc(-c3ccccc3)nc(-c3ccc(-n4c5ccccc5c5cc6c7ccccc7c7cc8ccccc8n7c6cc54)cc3)n2)cc1. The van der Waals surface area contributed by atoms with Crippen LogP contribution in [0.15, 0.2) is 176 Å². The molecule has 4 heterocycles. The molecule has 11 rings (SSSR count). The Morgan fingerprint density at radius 1 is 0.308 bits per heavy atom. The van der Waals surface area contributed by atoms with E-state index < -0.39 is 0 Å². The second-order valence-electron chi connectivity index (χ2n) is 13.3. The quantitative estimate of drug-likeness (QED) is 0.176. The molecule has 0 aliphatic carbocycles. The van der Waals surface area contributed by atoms with Crippen molar-refractivity contribution in [3.05, 3.63) is 176 Å². The van der Waals surface area contributed by atoms with E-state index in [9.17, 15) is 0 Å². The van der Waals surface area contributed by atoms with Crippen molar-refractivity contribution >= 4 is 59.9 Å². The van der Waals surface area contributed by atoms with E-state index in [1.54, 1.807) is 0 Å². The largest absolute Gasteiger partial charge is 0.309 e. The summed E-state index contributed by atoms with van der Waals surface area (Å²) < 4.78 is 4.83. The van der Waals surface area contributed by atoms with E-state index >= 15 is 0 Å². The lowest BCUT2D eigenvalue weighted by molar-refractivity contribution is 1.07. The van der Waals surface area contributed by atoms with E-state index in [0.717, 1.165) is 33.4 Å². The van der Waals surface area contributed by atoms with Gasteiger partial charge in [0.15, 0.2) is 17.5 Å². The van der Waals surface area contributed by atoms with Gasteiger partial charge in [0.1, 0.15) is 0 Å². The van der Waals surface area contributed by atoms with E-state index in [1.807, 2.05) is 60.7 Å². The normalized spacial score (nSPS) is 11.8. The van der Waals surface area contributed by atoms with E-state index in [4.69, 9.17) is 15.0 Å². The van der Waals surface area contributed by atoms with Crippen LogP contribution in [0.4, 0.5) is 0 Å². The minimum absolute atomic E-state index is 0.640. The molecule has 4 aromatic heterocycles. The highest BCUT2D eigenvalue weighted by Crippen LogP contribution is 2.40. The second-order valence-corrected chi connectivity index (χ2v) is 13.3. The van der Waals surface area contributed by atoms with Crippen molar-refractivity contribution in [2.24, 2.45) is 0 Å². The first kappa shape index (κ1) is 28.7. The molecule has 5 heteroatoms. The van der Waals surface area contributed by atoms with Gasteiger partial charge in [-0.3, -0.25) is 0 Å². The number of nitrogens with zero attached hydrogens (tertiary/aromatic N) is 5. The van der Waals surface area contributed by atoms with Crippen LogP contribution in [-0.4, -0.2) is 23.9 Å². The summed E-state index contributed by atoms with van der Waals surface area (Å²) >= 11 is 0. The Balaban J connectivity index is 1.14. The molecule has 0 radical (unpaired) electrons. The monoisotopic (exact) mass is 663 g/mol. The van der Waals surface area contributed by atoms with Gasteiger partial charge in [-0.15, -0.1) is 0 Å². The highest BCUT2D eigenvalue weighted by molar-refractivity contribution is 6.21. The Morgan fingerprint density at radius 3 is 1.44 bits per heavy atom. The second kappa shape index (κ2) is 11.2. The lowest BCUT2D eigenvalue weighted by Crippen LogP contribution is -2.00. The van der Waals surface area contributed by atoms with Gasteiger partial charge >= 0.3 is 0 Å². The highest BCUT2D eigenvalue weighted by atomic mass is 15.0. The van der Waals surface area contributed by atoms with Gasteiger partial charge in [-0.25, -0.2) is 15.0 Å². The van der Waals surface area contributed by atoms with Gasteiger partial charge in [-0.05, 0) is 60.0 Å². The van der Waals surface area contributed by atoms with Crippen molar-refractivity contribution < 1.29 is 0 Å². The number of fused-ring (bicyclic) bond motifs is 11. The van der Waals surface area contributed by atoms with Gasteiger partial charge in [0.25, 0.3) is 0 Å². The van der Waals surface area contributed by atoms with Gasteiger partial charge in [0, 0.05) is 49.3 Å². The van der Waals surface area contributed by atoms with Crippen LogP contribution in [0.2, 0.25) is 0 Å². The summed E-state index contributed by atoms with van der Waals surface area (Å²) in [6.07, 6.45) is 0. The molecule has 0 aliphatic heterocycles. The highest BCUT2D eigenvalue weighted by Gasteiger charge is 2.18. The van der Waals surface area contributed by atoms with E-state index in [0.29, 0.717) is 17.5 Å². The van der Waals surface area contributed by atoms with Crippen molar-refractivity contribution in [3.63, 3.8) is 0 Å². The Morgan fingerprint density at radius 2 is 0.788 bits per heavy atom. The molecular weight excluding hydrogens is 635 g/mol. The number of para-hydroxylation sites is 2. The minimum atomic E-state index is 0.640. The standard InChI is InChI=1S/C47H29N5/c1-3-13-30(14-4-1)45-48-46(31-15-5-2-6-16-31)50-47(49-45)32-23-25-34(26-24-32)51-41-22-12-10-20-37(41)39-28-38-35-18-8-9-19-36(35)42-27-33-17-7-11-21-40(33)52(42)44(38)29-43(39)51/h1-29H. The minimum Gasteiger partial charge on any atom is -0.309 e. The smallest absolute Gasteiger partial charge is 0.164 e. The molecule has 11 aromatic rings. The number of pyridine rings is 1. The summed E-state index contributed by atoms with van der Waals surface area (Å²) in [5, 5.41) is 7.45. The van der Waals surface area contributed by atoms with E-state index in [-0.39, 0.29) is 0 Å². The summed E-state index contributed by atoms with van der Waals surface area (Å²) in [6, 6.07) is 62.1. The first-order valence-electron chi connectivity index (χ1n) is 17.5. The summed E-state index contributed by atoms with van der Waals surface area (Å²) in [7, 11) is 0. The molecule has 0 fully saturated rings. The zero-order chi connectivity index (χ0) is 34.2. The third-order valence-corrected chi connectivity index (χ3v) is 10.3. The molecule has 0 N–H and O–H groups in total. The Hall–Kier alpha value is -7.11. The Bertz CT molecular complexity index is 3100. The van der Waals surface area contributed by atoms with Crippen molar-refractivity contribution in [1.82, 2.24) is 23.9 Å². The van der Waals surface area contributed by atoms with Gasteiger partial charge in [0.05, 0.1) is 27.6 Å². The number of hydrogen-bond acceptors (Lipinski definition) is 3. The first-order valence-corrected chi connectivity index (χ1v) is 17.5. The Kier molecular flexibility index (Phi) is 6.18. The van der Waals surface area contributed by atoms with Crippen LogP contribution in [0.5, 0.6) is 0 Å². The van der Waals surface area contributed by atoms with Crippen molar-refractivity contribution in [3.8, 4) is 39.9 Å². The maximum absolute atomic E-state index is 4.97. The molecule has 52 heavy (non-hydrogen) atoms. The molecule has 5 nitrogen and oxygen atoms in total. The molecule has 0 saturated carbocycles. The van der Waals surface area contributed by atoms with Gasteiger partial charge < -0.3 is 8.97 Å². The van der Waals surface area contributed by atoms with Crippen molar-refractivity contribution in [2.45, 2.75) is 0 Å². The average molecular weight is 664 g/mol. The maximum Gasteiger partial charge on any atom is 0.164 e. The third kappa shape index (κ3) is 4.33. The molecule has 0 aliphatic rings. The first-order chi connectivity index (χ1) is 25.8. The molecule has 7 aromatic carbocycles. The third-order valence-electron chi connectivity index (χ3n) is 10.3. The molecule has 0 unspecified atom stereocenters. The van der Waals surface area contributed by atoms with Gasteiger partial charge in [-0.2, -0.15) is 0 Å². The van der Waals surface area contributed by atoms with Gasteiger partial charge in [-0.1, -0.05) is 121 Å². The summed E-state index contributed by atoms with van der Waals surface area (Å²) in [4.78, 5) is 14.8. The predicted molar refractivity (Wildman–Crippen MR) is 214 cm³/mol. The fourth-order valence-electron chi connectivity index (χ4n) is 7.93. The van der Waals surface area contributed by atoms with Crippen LogP contribution in [0.1, 0.15) is 0 Å². The molecule has 242 valence electrons. The van der Waals surface area contributed by atoms with E-state index in [1.165, 1.54) is 48.9 Å². The predicted octanol–water partition coefficient (Wildman–Crippen LogP) is 11.7. The Labute approximate surface area is 298 Å². The van der Waals surface area contributed by atoms with E-state index in [2.05, 4.69) is 124 Å². The molecule has 0 bridgehead atoms. The van der Waals surface area contributed by atoms with Crippen LogP contribution < -0.4 is 0 Å². The molecule has 0 amide bonds. The van der Waals surface area contributed by atoms with Crippen LogP contribution in [0.3, 0.4) is 0 Å². The molecule has 0 atom stereocenters. The fraction of sp³-hybridized carbons (Fsp3) is 0. The number of hydrogen-bond donors (Lipinski definition) is 0. The van der Waals surface area contributed by atoms with Crippen LogP contribution in [-0.2, 0) is 0 Å². The topological polar surface area (TPSA) is 48.0 Å². The average Bonchev–Trinajstić information content (AvgIpc) is 3.77. The zero-order valence-electron chi connectivity index (χ0n) is 28.0. The van der Waals surface area contributed by atoms with Crippen molar-refractivity contribution in [2.75, 3.05) is 0 Å². The lowest BCUT2D eigenvalue weighted by atomic mass is 10.0. The van der Waals surface area contributed by atoms with Crippen LogP contribution in [0, 0.1) is 0 Å². The summed E-state index contributed by atoms with van der Waals surface area (Å²) in [5.74, 6) is 1.94. The van der Waals surface area contributed by atoms with Crippen LogP contribution in [0.25, 0.3) is 99.8 Å². The van der Waals surface area contributed by atoms with Crippen LogP contribution >= 0.6 is 0 Å². The number of benzene rings is 7. The summed E-state index contributed by atoms with van der Waals surface area (Å²) in [5.41, 5.74) is 9.85. The molecular formula is C47H29N5. The number of aromatic nitrogens is 5.